The van der Waals surface area contributed by atoms with Crippen LogP contribution in [0.25, 0.3) is 0 Å². The first-order chi connectivity index (χ1) is 6.58. The lowest BCUT2D eigenvalue weighted by molar-refractivity contribution is 0.183. The Hall–Kier alpha value is -0.760. The summed E-state index contributed by atoms with van der Waals surface area (Å²) in [7, 11) is 0. The number of hydrogen-bond donors (Lipinski definition) is 1. The molecule has 0 amide bonds. The van der Waals surface area contributed by atoms with Gasteiger partial charge in [0.05, 0.1) is 0 Å². The molecule has 76 valence electrons. The Morgan fingerprint density at radius 2 is 2.29 bits per heavy atom. The molecule has 1 aliphatic heterocycles. The van der Waals surface area contributed by atoms with Crippen LogP contribution in [0.15, 0.2) is 18.2 Å². The largest absolute Gasteiger partial charge is 0.385 e. The van der Waals surface area contributed by atoms with E-state index < -0.39 is 5.67 Å². The highest BCUT2D eigenvalue weighted by atomic mass is 35.5. The van der Waals surface area contributed by atoms with E-state index in [4.69, 9.17) is 11.6 Å². The van der Waals surface area contributed by atoms with Crippen LogP contribution in [0.5, 0.6) is 0 Å². The summed E-state index contributed by atoms with van der Waals surface area (Å²) in [5, 5.41) is 3.85. The van der Waals surface area contributed by atoms with E-state index in [1.165, 1.54) is 0 Å². The summed E-state index contributed by atoms with van der Waals surface area (Å²) in [5.74, 6) is 0. The lowest BCUT2D eigenvalue weighted by atomic mass is 9.96. The third-order valence-electron chi connectivity index (χ3n) is 2.63. The number of rotatable bonds is 0. The average molecular weight is 214 g/mol. The Kier molecular flexibility index (Phi) is 2.40. The second-order valence-electron chi connectivity index (χ2n) is 4.03. The summed E-state index contributed by atoms with van der Waals surface area (Å²) in [4.78, 5) is 0. The predicted molar refractivity (Wildman–Crippen MR) is 57.8 cm³/mol. The van der Waals surface area contributed by atoms with Crippen molar-refractivity contribution in [3.05, 3.63) is 28.8 Å². The van der Waals surface area contributed by atoms with Crippen LogP contribution in [-0.4, -0.2) is 12.2 Å². The van der Waals surface area contributed by atoms with E-state index in [2.05, 4.69) is 5.32 Å². The van der Waals surface area contributed by atoms with Crippen molar-refractivity contribution in [2.45, 2.75) is 25.4 Å². The maximum atomic E-state index is 13.9. The predicted octanol–water partition coefficient (Wildman–Crippen LogP) is 3.43. The van der Waals surface area contributed by atoms with Crippen molar-refractivity contribution in [1.29, 1.82) is 0 Å². The highest BCUT2D eigenvalue weighted by Gasteiger charge is 2.28. The molecular formula is C11H13ClFN. The second kappa shape index (κ2) is 3.43. The van der Waals surface area contributed by atoms with Gasteiger partial charge >= 0.3 is 0 Å². The number of hydrogen-bond acceptors (Lipinski definition) is 1. The summed E-state index contributed by atoms with van der Waals surface area (Å²) >= 11 is 6.04. The van der Waals surface area contributed by atoms with E-state index in [0.29, 0.717) is 24.4 Å². The monoisotopic (exact) mass is 213 g/mol. The Balaban J connectivity index is 2.43. The van der Waals surface area contributed by atoms with Gasteiger partial charge < -0.3 is 5.32 Å². The molecule has 1 aromatic rings. The fourth-order valence-corrected chi connectivity index (χ4v) is 2.06. The molecule has 0 bridgehead atoms. The van der Waals surface area contributed by atoms with Gasteiger partial charge in [0.25, 0.3) is 0 Å². The van der Waals surface area contributed by atoms with Crippen molar-refractivity contribution in [3.8, 4) is 0 Å². The van der Waals surface area contributed by atoms with Crippen LogP contribution in [0.1, 0.15) is 18.9 Å². The van der Waals surface area contributed by atoms with Gasteiger partial charge in [-0.25, -0.2) is 4.39 Å². The molecule has 3 heteroatoms. The molecule has 1 aliphatic rings. The Labute approximate surface area is 88.3 Å². The van der Waals surface area contributed by atoms with Gasteiger partial charge in [-0.3, -0.25) is 0 Å². The third-order valence-corrected chi connectivity index (χ3v) is 2.98. The molecule has 1 N–H and O–H groups in total. The molecule has 0 spiro atoms. The molecule has 14 heavy (non-hydrogen) atoms. The molecule has 1 atom stereocenters. The van der Waals surface area contributed by atoms with Crippen LogP contribution in [0.4, 0.5) is 10.1 Å². The second-order valence-corrected chi connectivity index (χ2v) is 4.44. The fraction of sp³-hybridized carbons (Fsp3) is 0.455. The van der Waals surface area contributed by atoms with E-state index in [9.17, 15) is 4.39 Å². The van der Waals surface area contributed by atoms with Crippen molar-refractivity contribution in [2.75, 3.05) is 11.9 Å². The summed E-state index contributed by atoms with van der Waals surface area (Å²) < 4.78 is 13.9. The minimum Gasteiger partial charge on any atom is -0.385 e. The highest BCUT2D eigenvalue weighted by molar-refractivity contribution is 6.31. The van der Waals surface area contributed by atoms with E-state index in [1.54, 1.807) is 6.92 Å². The lowest BCUT2D eigenvalue weighted by Gasteiger charge is -2.17. The van der Waals surface area contributed by atoms with Crippen LogP contribution in [0.2, 0.25) is 5.02 Å². The summed E-state index contributed by atoms with van der Waals surface area (Å²) in [6.07, 6.45) is 0.924. The molecule has 1 nitrogen and oxygen atoms in total. The van der Waals surface area contributed by atoms with E-state index in [0.717, 1.165) is 11.3 Å². The molecule has 0 fully saturated rings. The van der Waals surface area contributed by atoms with Gasteiger partial charge in [-0.2, -0.15) is 0 Å². The summed E-state index contributed by atoms with van der Waals surface area (Å²) in [5.41, 5.74) is 0.721. The van der Waals surface area contributed by atoms with Crippen LogP contribution < -0.4 is 5.32 Å². The molecule has 2 rings (SSSR count). The Morgan fingerprint density at radius 3 is 3.07 bits per heavy atom. The SMILES string of the molecule is CC1(F)CCNc2cccc(Cl)c2C1. The van der Waals surface area contributed by atoms with Crippen LogP contribution in [0.3, 0.4) is 0 Å². The van der Waals surface area contributed by atoms with Gasteiger partial charge in [-0.1, -0.05) is 17.7 Å². The molecule has 0 radical (unpaired) electrons. The van der Waals surface area contributed by atoms with Gasteiger partial charge in [0, 0.05) is 23.7 Å². The smallest absolute Gasteiger partial charge is 0.114 e. The quantitative estimate of drug-likeness (QED) is 0.696. The van der Waals surface area contributed by atoms with Crippen LogP contribution in [-0.2, 0) is 6.42 Å². The van der Waals surface area contributed by atoms with Gasteiger partial charge in [0.15, 0.2) is 0 Å². The molecule has 0 aliphatic carbocycles. The normalized spacial score (nSPS) is 26.2. The standard InChI is InChI=1S/C11H13ClFN/c1-11(13)5-6-14-10-4-2-3-9(12)8(10)7-11/h2-4,14H,5-7H2,1H3. The minimum absolute atomic E-state index is 0.398. The summed E-state index contributed by atoms with van der Waals surface area (Å²) in [6.45, 7) is 2.30. The van der Waals surface area contributed by atoms with E-state index in [-0.39, 0.29) is 0 Å². The number of alkyl halides is 1. The van der Waals surface area contributed by atoms with Gasteiger partial charge in [0.2, 0.25) is 0 Å². The zero-order chi connectivity index (χ0) is 10.2. The first-order valence-electron chi connectivity index (χ1n) is 4.79. The zero-order valence-corrected chi connectivity index (χ0v) is 8.87. The molecule has 1 heterocycles. The third kappa shape index (κ3) is 1.85. The number of anilines is 1. The first kappa shape index (κ1) is 9.78. The van der Waals surface area contributed by atoms with Crippen LogP contribution >= 0.6 is 11.6 Å². The van der Waals surface area contributed by atoms with Crippen molar-refractivity contribution in [2.24, 2.45) is 0 Å². The number of benzene rings is 1. The molecule has 1 aromatic carbocycles. The number of fused-ring (bicyclic) bond motifs is 1. The van der Waals surface area contributed by atoms with Gasteiger partial charge in [0.1, 0.15) is 5.67 Å². The molecular weight excluding hydrogens is 201 g/mol. The minimum atomic E-state index is -1.15. The van der Waals surface area contributed by atoms with Crippen molar-refractivity contribution in [3.63, 3.8) is 0 Å². The van der Waals surface area contributed by atoms with Crippen molar-refractivity contribution < 1.29 is 4.39 Å². The molecule has 0 saturated heterocycles. The van der Waals surface area contributed by atoms with E-state index >= 15 is 0 Å². The van der Waals surface area contributed by atoms with Crippen molar-refractivity contribution >= 4 is 17.3 Å². The van der Waals surface area contributed by atoms with Crippen LogP contribution in [0, 0.1) is 0 Å². The molecule has 1 unspecified atom stereocenters. The first-order valence-corrected chi connectivity index (χ1v) is 5.16. The fourth-order valence-electron chi connectivity index (χ4n) is 1.82. The Morgan fingerprint density at radius 1 is 1.50 bits per heavy atom. The summed E-state index contributed by atoms with van der Waals surface area (Å²) in [6, 6.07) is 5.64. The molecule has 0 aromatic heterocycles. The lowest BCUT2D eigenvalue weighted by Crippen LogP contribution is -2.21. The average Bonchev–Trinajstić information content (AvgIpc) is 2.24. The maximum absolute atomic E-state index is 13.9. The van der Waals surface area contributed by atoms with Crippen molar-refractivity contribution in [1.82, 2.24) is 0 Å². The number of nitrogens with one attached hydrogen (secondary N) is 1. The topological polar surface area (TPSA) is 12.0 Å². The molecule has 0 saturated carbocycles. The number of halogens is 2. The van der Waals surface area contributed by atoms with E-state index in [1.807, 2.05) is 18.2 Å². The van der Waals surface area contributed by atoms with Gasteiger partial charge in [-0.05, 0) is 31.0 Å². The zero-order valence-electron chi connectivity index (χ0n) is 8.11. The van der Waals surface area contributed by atoms with Gasteiger partial charge in [-0.15, -0.1) is 0 Å². The Bertz CT molecular complexity index is 349. The highest BCUT2D eigenvalue weighted by Crippen LogP contribution is 2.33. The maximum Gasteiger partial charge on any atom is 0.114 e.